The number of rotatable bonds is 12. The molecule has 1 N–H and O–H groups in total. The maximum Gasteiger partial charge on any atom is 0.264 e. The highest BCUT2D eigenvalue weighted by Gasteiger charge is 2.35. The Labute approximate surface area is 295 Å². The molecule has 0 spiro atoms. The van der Waals surface area contributed by atoms with Crippen LogP contribution in [0.2, 0.25) is 10.0 Å². The van der Waals surface area contributed by atoms with Gasteiger partial charge in [-0.25, -0.2) is 8.42 Å². The molecule has 1 fully saturated rings. The number of carbonyl (C=O) groups excluding carboxylic acids is 2. The monoisotopic (exact) mass is 755 g/mol. The van der Waals surface area contributed by atoms with Crippen LogP contribution in [0.5, 0.6) is 0 Å². The first-order chi connectivity index (χ1) is 22.5. The van der Waals surface area contributed by atoms with Crippen LogP contribution in [0.15, 0.2) is 106 Å². The van der Waals surface area contributed by atoms with Crippen molar-refractivity contribution >= 4 is 66.7 Å². The van der Waals surface area contributed by atoms with Gasteiger partial charge in [-0.1, -0.05) is 112 Å². The molecule has 246 valence electrons. The SMILES string of the molecule is Cc1ccc(S(=O)(=O)N(CC(=O)N(Cc2ccc(Cl)c(Cl)c2)[C@@H](Cc2ccccc2)C(=O)NC2CCCC2)c2cccc(Br)c2)cc1. The molecule has 0 radical (unpaired) electrons. The zero-order chi connectivity index (χ0) is 33.6. The van der Waals surface area contributed by atoms with Gasteiger partial charge in [-0.15, -0.1) is 0 Å². The quantitative estimate of drug-likeness (QED) is 0.159. The molecule has 0 saturated heterocycles. The molecule has 47 heavy (non-hydrogen) atoms. The number of carbonyl (C=O) groups is 2. The normalized spacial score (nSPS) is 14.0. The molecule has 4 aromatic carbocycles. The predicted octanol–water partition coefficient (Wildman–Crippen LogP) is 7.96. The third-order valence-corrected chi connectivity index (χ3v) is 11.3. The molecule has 0 aliphatic heterocycles. The predicted molar refractivity (Wildman–Crippen MR) is 191 cm³/mol. The van der Waals surface area contributed by atoms with E-state index in [1.165, 1.54) is 17.0 Å². The van der Waals surface area contributed by atoms with E-state index in [0.29, 0.717) is 25.8 Å². The molecule has 1 aliphatic rings. The van der Waals surface area contributed by atoms with Crippen molar-refractivity contribution in [3.05, 3.63) is 128 Å². The second-order valence-corrected chi connectivity index (χ2v) is 15.4. The van der Waals surface area contributed by atoms with E-state index in [-0.39, 0.29) is 29.8 Å². The van der Waals surface area contributed by atoms with Crippen molar-refractivity contribution in [2.24, 2.45) is 0 Å². The Hall–Kier alpha value is -3.37. The minimum atomic E-state index is -4.20. The van der Waals surface area contributed by atoms with Crippen LogP contribution in [0.4, 0.5) is 5.69 Å². The van der Waals surface area contributed by atoms with Gasteiger partial charge in [0, 0.05) is 23.5 Å². The van der Waals surface area contributed by atoms with E-state index in [0.717, 1.165) is 41.1 Å². The number of hydrogen-bond donors (Lipinski definition) is 1. The molecule has 1 saturated carbocycles. The molecule has 5 rings (SSSR count). The Morgan fingerprint density at radius 1 is 0.872 bits per heavy atom. The van der Waals surface area contributed by atoms with E-state index in [9.17, 15) is 18.0 Å². The highest BCUT2D eigenvalue weighted by molar-refractivity contribution is 9.10. The summed E-state index contributed by atoms with van der Waals surface area (Å²) in [6, 6.07) is 26.9. The highest BCUT2D eigenvalue weighted by atomic mass is 79.9. The molecular weight excluding hydrogens is 721 g/mol. The maximum atomic E-state index is 14.6. The van der Waals surface area contributed by atoms with E-state index >= 15 is 0 Å². The van der Waals surface area contributed by atoms with Crippen LogP contribution in [0.1, 0.15) is 42.4 Å². The number of halogens is 3. The maximum absolute atomic E-state index is 14.6. The summed E-state index contributed by atoms with van der Waals surface area (Å²) in [6.07, 6.45) is 4.03. The summed E-state index contributed by atoms with van der Waals surface area (Å²) in [4.78, 5) is 30.3. The molecule has 4 aromatic rings. The molecule has 0 heterocycles. The van der Waals surface area contributed by atoms with Crippen LogP contribution in [-0.4, -0.2) is 43.8 Å². The Morgan fingerprint density at radius 3 is 2.23 bits per heavy atom. The lowest BCUT2D eigenvalue weighted by atomic mass is 10.0. The fourth-order valence-electron chi connectivity index (χ4n) is 5.75. The van der Waals surface area contributed by atoms with Crippen molar-refractivity contribution < 1.29 is 18.0 Å². The van der Waals surface area contributed by atoms with Gasteiger partial charge in [0.2, 0.25) is 11.8 Å². The Morgan fingerprint density at radius 2 is 1.57 bits per heavy atom. The van der Waals surface area contributed by atoms with Gasteiger partial charge in [-0.2, -0.15) is 0 Å². The van der Waals surface area contributed by atoms with Crippen LogP contribution in [0.3, 0.4) is 0 Å². The molecule has 2 amide bonds. The number of hydrogen-bond acceptors (Lipinski definition) is 4. The Bertz CT molecular complexity index is 1820. The van der Waals surface area contributed by atoms with E-state index in [1.54, 1.807) is 54.6 Å². The summed E-state index contributed by atoms with van der Waals surface area (Å²) >= 11 is 16.0. The first-order valence-corrected chi connectivity index (χ1v) is 18.4. The number of nitrogens with one attached hydrogen (secondary N) is 1. The van der Waals surface area contributed by atoms with Gasteiger partial charge in [0.25, 0.3) is 10.0 Å². The van der Waals surface area contributed by atoms with Gasteiger partial charge in [0.1, 0.15) is 12.6 Å². The molecule has 11 heteroatoms. The van der Waals surface area contributed by atoms with Gasteiger partial charge in [-0.3, -0.25) is 13.9 Å². The average molecular weight is 758 g/mol. The van der Waals surface area contributed by atoms with E-state index in [1.807, 2.05) is 37.3 Å². The molecule has 1 atom stereocenters. The minimum Gasteiger partial charge on any atom is -0.352 e. The van der Waals surface area contributed by atoms with Gasteiger partial charge in [-0.05, 0) is 73.4 Å². The minimum absolute atomic E-state index is 0.00220. The third kappa shape index (κ3) is 8.96. The Kier molecular flexibility index (Phi) is 11.7. The first-order valence-electron chi connectivity index (χ1n) is 15.4. The number of aryl methyl sites for hydroxylation is 1. The topological polar surface area (TPSA) is 86.8 Å². The molecule has 0 aromatic heterocycles. The fraction of sp³-hybridized carbons (Fsp3) is 0.278. The number of sulfonamides is 1. The number of nitrogens with zero attached hydrogens (tertiary/aromatic N) is 2. The van der Waals surface area contributed by atoms with Crippen molar-refractivity contribution in [3.63, 3.8) is 0 Å². The van der Waals surface area contributed by atoms with Crippen molar-refractivity contribution in [3.8, 4) is 0 Å². The summed E-state index contributed by atoms with van der Waals surface area (Å²) in [6.45, 7) is 1.33. The zero-order valence-electron chi connectivity index (χ0n) is 25.9. The number of benzene rings is 4. The van der Waals surface area contributed by atoms with Crippen LogP contribution < -0.4 is 9.62 Å². The van der Waals surface area contributed by atoms with Crippen LogP contribution in [0, 0.1) is 6.92 Å². The smallest absolute Gasteiger partial charge is 0.264 e. The van der Waals surface area contributed by atoms with Gasteiger partial charge in [0.15, 0.2) is 0 Å². The van der Waals surface area contributed by atoms with E-state index in [2.05, 4.69) is 21.2 Å². The standard InChI is InChI=1S/C36H36BrCl2N3O4S/c1-25-14-17-31(18-15-25)47(45,46)42(30-13-7-10-28(37)22-30)24-35(43)41(23-27-16-19-32(38)33(39)20-27)34(21-26-8-3-2-4-9-26)36(44)40-29-11-5-6-12-29/h2-4,7-10,13-20,22,29,34H,5-6,11-12,21,23-24H2,1H3,(H,40,44)/t34-/m0/s1. The highest BCUT2D eigenvalue weighted by Crippen LogP contribution is 2.29. The summed E-state index contributed by atoms with van der Waals surface area (Å²) in [5.74, 6) is -0.834. The summed E-state index contributed by atoms with van der Waals surface area (Å²) in [5, 5.41) is 3.85. The largest absolute Gasteiger partial charge is 0.352 e. The summed E-state index contributed by atoms with van der Waals surface area (Å²) < 4.78 is 30.2. The molecule has 0 bridgehead atoms. The zero-order valence-corrected chi connectivity index (χ0v) is 29.8. The van der Waals surface area contributed by atoms with Gasteiger partial charge >= 0.3 is 0 Å². The van der Waals surface area contributed by atoms with Crippen LogP contribution >= 0.6 is 39.1 Å². The average Bonchev–Trinajstić information content (AvgIpc) is 3.56. The number of anilines is 1. The number of amides is 2. The molecular formula is C36H36BrCl2N3O4S. The van der Waals surface area contributed by atoms with Crippen molar-refractivity contribution in [2.45, 2.75) is 62.6 Å². The summed E-state index contributed by atoms with van der Waals surface area (Å²) in [5.41, 5.74) is 2.72. The Balaban J connectivity index is 1.58. The first kappa shape index (κ1) is 35.0. The fourth-order valence-corrected chi connectivity index (χ4v) is 7.87. The second-order valence-electron chi connectivity index (χ2n) is 11.8. The lowest BCUT2D eigenvalue weighted by molar-refractivity contribution is -0.140. The molecule has 7 nitrogen and oxygen atoms in total. The van der Waals surface area contributed by atoms with Crippen molar-refractivity contribution in [1.29, 1.82) is 0 Å². The van der Waals surface area contributed by atoms with E-state index in [4.69, 9.17) is 23.2 Å². The third-order valence-electron chi connectivity index (χ3n) is 8.29. The van der Waals surface area contributed by atoms with Gasteiger partial charge < -0.3 is 10.2 Å². The lowest BCUT2D eigenvalue weighted by Crippen LogP contribution is -2.54. The summed E-state index contributed by atoms with van der Waals surface area (Å²) in [7, 11) is -4.20. The lowest BCUT2D eigenvalue weighted by Gasteiger charge is -2.34. The second kappa shape index (κ2) is 15.7. The molecule has 1 aliphatic carbocycles. The van der Waals surface area contributed by atoms with Crippen LogP contribution in [-0.2, 0) is 32.6 Å². The van der Waals surface area contributed by atoms with Crippen molar-refractivity contribution in [2.75, 3.05) is 10.8 Å². The van der Waals surface area contributed by atoms with Crippen LogP contribution in [0.25, 0.3) is 0 Å². The van der Waals surface area contributed by atoms with E-state index < -0.39 is 28.5 Å². The van der Waals surface area contributed by atoms with Crippen molar-refractivity contribution in [1.82, 2.24) is 10.2 Å². The molecule has 0 unspecified atom stereocenters. The van der Waals surface area contributed by atoms with Gasteiger partial charge in [0.05, 0.1) is 20.6 Å².